The summed E-state index contributed by atoms with van der Waals surface area (Å²) in [5.74, 6) is -0.858. The monoisotopic (exact) mass is 329 g/mol. The summed E-state index contributed by atoms with van der Waals surface area (Å²) in [5.41, 5.74) is 0.854. The van der Waals surface area contributed by atoms with Gasteiger partial charge in [0.15, 0.2) is 5.97 Å². The van der Waals surface area contributed by atoms with Crippen molar-refractivity contribution in [1.29, 1.82) is 0 Å². The van der Waals surface area contributed by atoms with Crippen LogP contribution in [-0.2, 0) is 4.79 Å². The predicted octanol–water partition coefficient (Wildman–Crippen LogP) is 0.395. The fraction of sp³-hybridized carbons (Fsp3) is 0.312. The number of hydrogen-bond donors (Lipinski definition) is 2. The van der Waals surface area contributed by atoms with Gasteiger partial charge < -0.3 is 22.0 Å². The third-order valence-electron chi connectivity index (χ3n) is 2.65. The molecule has 0 aliphatic carbocycles. The van der Waals surface area contributed by atoms with Gasteiger partial charge in [-0.2, -0.15) is 6.42 Å². The Kier molecular flexibility index (Phi) is 11.6. The fourth-order valence-electron chi connectivity index (χ4n) is 1.59. The number of carbonyl (C=O) groups is 1. The molecule has 8 heteroatoms. The normalized spacial score (nSPS) is 15.7. The Hall–Kier alpha value is -1.84. The third-order valence-corrected chi connectivity index (χ3v) is 2.65. The number of alkyl halides is 2. The van der Waals surface area contributed by atoms with Crippen molar-refractivity contribution >= 4 is 11.7 Å². The number of nitrogens with zero attached hydrogens (tertiary/aromatic N) is 2. The molecule has 1 aliphatic rings. The molecular formula is C16H18F2LiN3O2-2. The van der Waals surface area contributed by atoms with Gasteiger partial charge in [0.1, 0.15) is 0 Å². The predicted molar refractivity (Wildman–Crippen MR) is 82.8 cm³/mol. The topological polar surface area (TPSA) is 78.3 Å². The van der Waals surface area contributed by atoms with E-state index in [-0.39, 0.29) is 24.6 Å². The van der Waals surface area contributed by atoms with Gasteiger partial charge in [0.2, 0.25) is 0 Å². The molecule has 0 bridgehead atoms. The number of rotatable bonds is 5. The molecule has 0 fully saturated rings. The molecule has 0 radical (unpaired) electrons. The van der Waals surface area contributed by atoms with Crippen LogP contribution in [0.25, 0.3) is 0 Å². The van der Waals surface area contributed by atoms with Crippen LogP contribution in [0.15, 0.2) is 35.4 Å². The molecule has 1 aromatic heterocycles. The third kappa shape index (κ3) is 8.70. The number of aromatic amines is 1. The molecule has 0 atom stereocenters. The van der Waals surface area contributed by atoms with Crippen LogP contribution in [0, 0.1) is 19.4 Å². The zero-order chi connectivity index (χ0) is 17.1. The second-order valence-electron chi connectivity index (χ2n) is 4.46. The number of aliphatic carboxylic acids is 1. The van der Waals surface area contributed by atoms with E-state index < -0.39 is 12.4 Å². The largest absolute Gasteiger partial charge is 1.00 e. The Morgan fingerprint density at radius 1 is 1.54 bits per heavy atom. The number of aliphatic imine (C=N–C) groups is 1. The first-order valence-corrected chi connectivity index (χ1v) is 7.02. The van der Waals surface area contributed by atoms with Gasteiger partial charge in [-0.25, -0.2) is 26.3 Å². The molecule has 2 N–H and O–H groups in total. The zero-order valence-electron chi connectivity index (χ0n) is 13.5. The average molecular weight is 329 g/mol. The second-order valence-corrected chi connectivity index (χ2v) is 4.46. The smallest absolute Gasteiger partial charge is 0.503 e. The van der Waals surface area contributed by atoms with E-state index in [1.165, 1.54) is 18.8 Å². The minimum Gasteiger partial charge on any atom is -0.503 e. The van der Waals surface area contributed by atoms with Crippen molar-refractivity contribution in [2.75, 3.05) is 0 Å². The van der Waals surface area contributed by atoms with Crippen molar-refractivity contribution in [3.05, 3.63) is 55.5 Å². The summed E-state index contributed by atoms with van der Waals surface area (Å²) in [6.45, 7) is 3.46. The van der Waals surface area contributed by atoms with Crippen LogP contribution in [-0.4, -0.2) is 33.2 Å². The van der Waals surface area contributed by atoms with Crippen molar-refractivity contribution in [2.24, 2.45) is 4.99 Å². The molecule has 0 aromatic carbocycles. The van der Waals surface area contributed by atoms with Crippen molar-refractivity contribution < 1.29 is 37.5 Å². The van der Waals surface area contributed by atoms with Gasteiger partial charge in [-0.3, -0.25) is 17.3 Å². The van der Waals surface area contributed by atoms with Crippen LogP contribution in [0.5, 0.6) is 0 Å². The molecule has 1 aliphatic heterocycles. The Bertz CT molecular complexity index is 570. The van der Waals surface area contributed by atoms with Gasteiger partial charge >= 0.3 is 18.9 Å². The minimum absolute atomic E-state index is 0. The first kappa shape index (κ1) is 22.2. The quantitative estimate of drug-likeness (QED) is 0.606. The van der Waals surface area contributed by atoms with Crippen LogP contribution in [0.2, 0.25) is 0 Å². The Labute approximate surface area is 152 Å². The first-order chi connectivity index (χ1) is 11.0. The van der Waals surface area contributed by atoms with E-state index in [1.54, 1.807) is 12.3 Å². The number of hydrogen-bond acceptors (Lipinski definition) is 3. The van der Waals surface area contributed by atoms with Gasteiger partial charge in [-0.05, 0) is 6.42 Å². The van der Waals surface area contributed by atoms with E-state index >= 15 is 0 Å². The summed E-state index contributed by atoms with van der Waals surface area (Å²) < 4.78 is 25.2. The van der Waals surface area contributed by atoms with E-state index in [4.69, 9.17) is 5.11 Å². The molecule has 0 spiro atoms. The van der Waals surface area contributed by atoms with Crippen molar-refractivity contribution in [1.82, 2.24) is 9.97 Å². The van der Waals surface area contributed by atoms with Crippen LogP contribution < -0.4 is 18.9 Å². The van der Waals surface area contributed by atoms with Gasteiger partial charge in [-0.1, -0.05) is 11.8 Å². The summed E-state index contributed by atoms with van der Waals surface area (Å²) in [5, 5.41) is 7.96. The number of halogens is 2. The fourth-order valence-corrected chi connectivity index (χ4v) is 1.59. The average Bonchev–Trinajstić information content (AvgIpc) is 2.99. The number of H-pyrrole nitrogens is 1. The molecule has 0 unspecified atom stereocenters. The molecule has 2 heterocycles. The van der Waals surface area contributed by atoms with Crippen molar-refractivity contribution in [3.8, 4) is 0 Å². The van der Waals surface area contributed by atoms with Crippen molar-refractivity contribution in [2.45, 2.75) is 32.1 Å². The molecule has 5 nitrogen and oxygen atoms in total. The molecule has 24 heavy (non-hydrogen) atoms. The number of allylic oxidation sites excluding steroid dienone is 4. The van der Waals surface area contributed by atoms with Gasteiger partial charge in [0, 0.05) is 11.9 Å². The first-order valence-electron chi connectivity index (χ1n) is 7.02. The number of carboxylic acids is 1. The number of unbranched alkanes of at least 4 members (excludes halogenated alkanes) is 1. The second kappa shape index (κ2) is 12.6. The SMILES string of the molecule is FC(F)/C1=C/CC[C-]=CC(c2cnc[nH]2)=N1.[CH2-]CC[CH-]C(=O)O.[Li+]. The maximum Gasteiger partial charge on any atom is 1.00 e. The molecule has 0 saturated carbocycles. The zero-order valence-corrected chi connectivity index (χ0v) is 13.5. The maximum atomic E-state index is 12.6. The standard InChI is InChI=1S/C11H10F2N3.C5H8O2.Li/c12-11(13)9-5-3-1-2-4-8(16-9)10-6-14-7-15-10;1-2-3-4-5(6)7;/h4-7,11H,1,3H2,(H,14,15);4H,1-3H2,(H,6,7);/q-1;-2;+1/b9-5-,16-8?;;. The molecule has 0 amide bonds. The Morgan fingerprint density at radius 2 is 2.29 bits per heavy atom. The summed E-state index contributed by atoms with van der Waals surface area (Å²) in [6.07, 6.45) is 10.1. The Morgan fingerprint density at radius 3 is 2.79 bits per heavy atom. The van der Waals surface area contributed by atoms with Crippen molar-refractivity contribution in [3.63, 3.8) is 0 Å². The summed E-state index contributed by atoms with van der Waals surface area (Å²) in [6, 6.07) is 0. The van der Waals surface area contributed by atoms with Gasteiger partial charge in [0.25, 0.3) is 6.43 Å². The summed E-state index contributed by atoms with van der Waals surface area (Å²) in [7, 11) is 0. The maximum absolute atomic E-state index is 12.6. The van der Waals surface area contributed by atoms with Crippen LogP contribution in [0.1, 0.15) is 31.4 Å². The molecule has 126 valence electrons. The molecule has 1 aromatic rings. The molecule has 0 saturated heterocycles. The summed E-state index contributed by atoms with van der Waals surface area (Å²) >= 11 is 0. The number of imidazole rings is 1. The van der Waals surface area contributed by atoms with E-state index in [1.807, 2.05) is 0 Å². The van der Waals surface area contributed by atoms with Gasteiger partial charge in [0.05, 0.1) is 12.0 Å². The Balaban J connectivity index is 0.000000570. The number of nitrogens with one attached hydrogen (secondary N) is 1. The van der Waals surface area contributed by atoms with Crippen LogP contribution in [0.4, 0.5) is 8.78 Å². The van der Waals surface area contributed by atoms with Gasteiger partial charge in [-0.15, -0.1) is 6.42 Å². The van der Waals surface area contributed by atoms with E-state index in [0.29, 0.717) is 37.1 Å². The van der Waals surface area contributed by atoms with Crippen LogP contribution >= 0.6 is 0 Å². The molecular weight excluding hydrogens is 311 g/mol. The number of carboxylic acid groups (broad SMARTS) is 1. The minimum atomic E-state index is -2.55. The van der Waals surface area contributed by atoms with Crippen LogP contribution in [0.3, 0.4) is 0 Å². The van der Waals surface area contributed by atoms with E-state index in [0.717, 1.165) is 0 Å². The summed E-state index contributed by atoms with van der Waals surface area (Å²) in [4.78, 5) is 20.3. The van der Waals surface area contributed by atoms with E-state index in [9.17, 15) is 13.6 Å². The molecule has 2 rings (SSSR count). The number of aromatic nitrogens is 2. The van der Waals surface area contributed by atoms with E-state index in [2.05, 4.69) is 28.0 Å².